The second-order valence-electron chi connectivity index (χ2n) is 4.82. The number of pyridine rings is 1. The highest BCUT2D eigenvalue weighted by Gasteiger charge is 2.10. The van der Waals surface area contributed by atoms with E-state index in [1.165, 1.54) is 17.8 Å². The molecule has 0 fully saturated rings. The molecule has 0 saturated heterocycles. The highest BCUT2D eigenvalue weighted by Crippen LogP contribution is 2.17. The summed E-state index contributed by atoms with van der Waals surface area (Å²) in [7, 11) is 3.83. The first-order chi connectivity index (χ1) is 9.70. The highest BCUT2D eigenvalue weighted by atomic mass is 19.1. The molecule has 0 radical (unpaired) electrons. The van der Waals surface area contributed by atoms with Crippen molar-refractivity contribution in [2.45, 2.75) is 13.0 Å². The lowest BCUT2D eigenvalue weighted by atomic mass is 10.1. The van der Waals surface area contributed by atoms with Crippen molar-refractivity contribution < 1.29 is 4.39 Å². The topological polar surface area (TPSA) is 28.2 Å². The van der Waals surface area contributed by atoms with Gasteiger partial charge < -0.3 is 10.2 Å². The summed E-state index contributed by atoms with van der Waals surface area (Å²) in [5, 5.41) is 3.05. The van der Waals surface area contributed by atoms with Gasteiger partial charge in [0, 0.05) is 25.7 Å². The zero-order valence-electron chi connectivity index (χ0n) is 11.9. The highest BCUT2D eigenvalue weighted by molar-refractivity contribution is 5.46. The van der Waals surface area contributed by atoms with Crippen LogP contribution in [0, 0.1) is 5.82 Å². The minimum absolute atomic E-state index is 0.296. The Morgan fingerprint density at radius 2 is 2.00 bits per heavy atom. The lowest BCUT2D eigenvalue weighted by molar-refractivity contribution is 0.615. The number of hydrogen-bond acceptors (Lipinski definition) is 3. The summed E-state index contributed by atoms with van der Waals surface area (Å²) in [5.41, 5.74) is 2.17. The van der Waals surface area contributed by atoms with Crippen molar-refractivity contribution in [1.82, 2.24) is 10.3 Å². The lowest BCUT2D eigenvalue weighted by Crippen LogP contribution is -2.24. The molecule has 0 bridgehead atoms. The molecule has 0 aliphatic rings. The Kier molecular flexibility index (Phi) is 5.07. The van der Waals surface area contributed by atoms with Gasteiger partial charge in [-0.15, -0.1) is 0 Å². The van der Waals surface area contributed by atoms with E-state index in [2.05, 4.69) is 27.3 Å². The minimum Gasteiger partial charge on any atom is -0.359 e. The number of benzene rings is 1. The maximum absolute atomic E-state index is 13.3. The van der Waals surface area contributed by atoms with Crippen LogP contribution in [0.1, 0.15) is 11.1 Å². The minimum atomic E-state index is -0.296. The summed E-state index contributed by atoms with van der Waals surface area (Å²) in [5.74, 6) is 0.534. The Morgan fingerprint density at radius 1 is 1.25 bits per heavy atom. The molecule has 2 aromatic rings. The van der Waals surface area contributed by atoms with E-state index in [4.69, 9.17) is 0 Å². The number of hydrogen-bond donors (Lipinski definition) is 1. The van der Waals surface area contributed by atoms with Crippen molar-refractivity contribution in [3.05, 3.63) is 59.5 Å². The summed E-state index contributed by atoms with van der Waals surface area (Å²) < 4.78 is 13.3. The SMILES string of the molecule is CNCc1cc(F)cnc1N(C)CCc1ccccc1. The number of anilines is 1. The zero-order valence-corrected chi connectivity index (χ0v) is 11.9. The first-order valence-corrected chi connectivity index (χ1v) is 6.75. The normalized spacial score (nSPS) is 10.6. The van der Waals surface area contributed by atoms with E-state index in [-0.39, 0.29) is 5.82 Å². The number of rotatable bonds is 6. The molecule has 2 rings (SSSR count). The summed E-state index contributed by atoms with van der Waals surface area (Å²) in [6.07, 6.45) is 2.21. The van der Waals surface area contributed by atoms with Crippen LogP contribution in [0.4, 0.5) is 10.2 Å². The van der Waals surface area contributed by atoms with Gasteiger partial charge in [-0.25, -0.2) is 9.37 Å². The largest absolute Gasteiger partial charge is 0.359 e. The number of nitrogens with zero attached hydrogens (tertiary/aromatic N) is 2. The van der Waals surface area contributed by atoms with E-state index >= 15 is 0 Å². The first-order valence-electron chi connectivity index (χ1n) is 6.75. The molecule has 0 saturated carbocycles. The molecule has 0 aliphatic carbocycles. The van der Waals surface area contributed by atoms with Crippen molar-refractivity contribution >= 4 is 5.82 Å². The monoisotopic (exact) mass is 273 g/mol. The van der Waals surface area contributed by atoms with Gasteiger partial charge in [0.1, 0.15) is 11.6 Å². The van der Waals surface area contributed by atoms with Gasteiger partial charge in [-0.05, 0) is 25.1 Å². The number of nitrogens with one attached hydrogen (secondary N) is 1. The second kappa shape index (κ2) is 7.01. The quantitative estimate of drug-likeness (QED) is 0.877. The van der Waals surface area contributed by atoms with E-state index in [1.807, 2.05) is 32.3 Å². The van der Waals surface area contributed by atoms with Crippen LogP contribution in [0.3, 0.4) is 0 Å². The first kappa shape index (κ1) is 14.5. The third-order valence-corrected chi connectivity index (χ3v) is 3.22. The van der Waals surface area contributed by atoms with E-state index in [9.17, 15) is 4.39 Å². The van der Waals surface area contributed by atoms with E-state index in [1.54, 1.807) is 0 Å². The van der Waals surface area contributed by atoms with Gasteiger partial charge in [0.2, 0.25) is 0 Å². The molecule has 0 atom stereocenters. The van der Waals surface area contributed by atoms with Crippen molar-refractivity contribution in [3.63, 3.8) is 0 Å². The number of aromatic nitrogens is 1. The third kappa shape index (κ3) is 3.78. The molecule has 4 heteroatoms. The average Bonchev–Trinajstić information content (AvgIpc) is 2.46. The Morgan fingerprint density at radius 3 is 2.70 bits per heavy atom. The van der Waals surface area contributed by atoms with Crippen molar-refractivity contribution in [1.29, 1.82) is 0 Å². The Labute approximate surface area is 119 Å². The van der Waals surface area contributed by atoms with Crippen LogP contribution < -0.4 is 10.2 Å². The maximum atomic E-state index is 13.3. The van der Waals surface area contributed by atoms with Crippen molar-refractivity contribution in [2.24, 2.45) is 0 Å². The molecular formula is C16H20FN3. The molecule has 1 heterocycles. The molecule has 0 spiro atoms. The molecule has 20 heavy (non-hydrogen) atoms. The molecule has 3 nitrogen and oxygen atoms in total. The Bertz CT molecular complexity index is 543. The van der Waals surface area contributed by atoms with Crippen LogP contribution in [-0.2, 0) is 13.0 Å². The fourth-order valence-electron chi connectivity index (χ4n) is 2.19. The van der Waals surface area contributed by atoms with Gasteiger partial charge >= 0.3 is 0 Å². The summed E-state index contributed by atoms with van der Waals surface area (Å²) in [6, 6.07) is 11.9. The van der Waals surface area contributed by atoms with Crippen LogP contribution >= 0.6 is 0 Å². The van der Waals surface area contributed by atoms with Gasteiger partial charge in [-0.3, -0.25) is 0 Å². The van der Waals surface area contributed by atoms with E-state index < -0.39 is 0 Å². The maximum Gasteiger partial charge on any atom is 0.141 e. The molecule has 0 aliphatic heterocycles. The fraction of sp³-hybridized carbons (Fsp3) is 0.312. The second-order valence-corrected chi connectivity index (χ2v) is 4.82. The van der Waals surface area contributed by atoms with Gasteiger partial charge in [0.05, 0.1) is 6.20 Å². The molecule has 106 valence electrons. The third-order valence-electron chi connectivity index (χ3n) is 3.22. The van der Waals surface area contributed by atoms with Gasteiger partial charge in [-0.2, -0.15) is 0 Å². The lowest BCUT2D eigenvalue weighted by Gasteiger charge is -2.21. The molecule has 1 aromatic carbocycles. The van der Waals surface area contributed by atoms with Gasteiger partial charge in [-0.1, -0.05) is 30.3 Å². The molecule has 1 aromatic heterocycles. The summed E-state index contributed by atoms with van der Waals surface area (Å²) in [4.78, 5) is 6.29. The van der Waals surface area contributed by atoms with Gasteiger partial charge in [0.15, 0.2) is 0 Å². The number of halogens is 1. The molecule has 0 amide bonds. The van der Waals surface area contributed by atoms with Crippen molar-refractivity contribution in [2.75, 3.05) is 25.5 Å². The smallest absolute Gasteiger partial charge is 0.141 e. The van der Waals surface area contributed by atoms with Crippen molar-refractivity contribution in [3.8, 4) is 0 Å². The molecule has 1 N–H and O–H groups in total. The average molecular weight is 273 g/mol. The predicted octanol–water partition coefficient (Wildman–Crippen LogP) is 2.62. The standard InChI is InChI=1S/C16H20FN3/c1-18-11-14-10-15(17)12-19-16(14)20(2)9-8-13-6-4-3-5-7-13/h3-7,10,12,18H,8-9,11H2,1-2H3. The fourth-order valence-corrected chi connectivity index (χ4v) is 2.19. The molecular weight excluding hydrogens is 253 g/mol. The van der Waals surface area contributed by atoms with E-state index in [0.29, 0.717) is 6.54 Å². The predicted molar refractivity (Wildman–Crippen MR) is 80.4 cm³/mol. The molecule has 0 unspecified atom stereocenters. The van der Waals surface area contributed by atoms with Crippen LogP contribution in [0.2, 0.25) is 0 Å². The van der Waals surface area contributed by atoms with Gasteiger partial charge in [0.25, 0.3) is 0 Å². The van der Waals surface area contributed by atoms with Crippen LogP contribution in [0.5, 0.6) is 0 Å². The van der Waals surface area contributed by atoms with Crippen LogP contribution in [-0.4, -0.2) is 25.6 Å². The Hall–Kier alpha value is -1.94. The zero-order chi connectivity index (χ0) is 14.4. The number of likely N-dealkylation sites (N-methyl/N-ethyl adjacent to an activating group) is 1. The summed E-state index contributed by atoms with van der Waals surface area (Å²) in [6.45, 7) is 1.45. The van der Waals surface area contributed by atoms with Crippen LogP contribution in [0.25, 0.3) is 0 Å². The van der Waals surface area contributed by atoms with E-state index in [0.717, 1.165) is 24.3 Å². The Balaban J connectivity index is 2.06. The summed E-state index contributed by atoms with van der Waals surface area (Å²) >= 11 is 0. The van der Waals surface area contributed by atoms with Crippen LogP contribution in [0.15, 0.2) is 42.6 Å².